The molecule has 0 atom stereocenters. The van der Waals surface area contributed by atoms with Crippen LogP contribution in [0.2, 0.25) is 5.02 Å². The highest BCUT2D eigenvalue weighted by Crippen LogP contribution is 2.17. The molecule has 14 heavy (non-hydrogen) atoms. The van der Waals surface area contributed by atoms with Crippen molar-refractivity contribution in [3.05, 3.63) is 22.8 Å². The summed E-state index contributed by atoms with van der Waals surface area (Å²) in [6, 6.07) is 3.37. The van der Waals surface area contributed by atoms with E-state index in [-0.39, 0.29) is 11.6 Å². The summed E-state index contributed by atoms with van der Waals surface area (Å²) in [5.74, 6) is 0.423. The Morgan fingerprint density at radius 1 is 1.50 bits per heavy atom. The summed E-state index contributed by atoms with van der Waals surface area (Å²) in [7, 11) is 5.05. The van der Waals surface area contributed by atoms with Gasteiger partial charge in [0.2, 0.25) is 0 Å². The van der Waals surface area contributed by atoms with E-state index in [2.05, 4.69) is 10.3 Å². The first kappa shape index (κ1) is 10.8. The first-order chi connectivity index (χ1) is 6.56. The van der Waals surface area contributed by atoms with Crippen molar-refractivity contribution in [2.24, 2.45) is 0 Å². The molecule has 1 amide bonds. The molecule has 0 aliphatic rings. The maximum absolute atomic E-state index is 11.6. The lowest BCUT2D eigenvalue weighted by Crippen LogP contribution is -2.23. The normalized spacial score (nSPS) is 9.71. The van der Waals surface area contributed by atoms with Crippen molar-refractivity contribution in [2.75, 3.05) is 26.5 Å². The molecule has 0 spiro atoms. The number of nitrogens with one attached hydrogen (secondary N) is 1. The molecular weight excluding hydrogens is 202 g/mol. The fourth-order valence-corrected chi connectivity index (χ4v) is 1.13. The molecule has 0 radical (unpaired) electrons. The van der Waals surface area contributed by atoms with Gasteiger partial charge < -0.3 is 10.2 Å². The highest BCUT2D eigenvalue weighted by atomic mass is 35.5. The monoisotopic (exact) mass is 213 g/mol. The topological polar surface area (TPSA) is 45.2 Å². The van der Waals surface area contributed by atoms with Crippen LogP contribution in [0.3, 0.4) is 0 Å². The van der Waals surface area contributed by atoms with Gasteiger partial charge in [-0.1, -0.05) is 11.6 Å². The van der Waals surface area contributed by atoms with Crippen LogP contribution < -0.4 is 5.32 Å². The SMILES string of the molecule is CNc1ccc(Cl)c(C(=O)N(C)C)n1. The molecule has 1 N–H and O–H groups in total. The molecule has 1 rings (SSSR count). The molecule has 0 saturated carbocycles. The van der Waals surface area contributed by atoms with Crippen LogP contribution in [0, 0.1) is 0 Å². The molecule has 0 aliphatic carbocycles. The zero-order valence-corrected chi connectivity index (χ0v) is 9.09. The Kier molecular flexibility index (Phi) is 3.30. The summed E-state index contributed by atoms with van der Waals surface area (Å²) in [6.45, 7) is 0. The predicted molar refractivity (Wildman–Crippen MR) is 56.8 cm³/mol. The second-order valence-electron chi connectivity index (χ2n) is 2.98. The Hall–Kier alpha value is -1.29. The van der Waals surface area contributed by atoms with Crippen molar-refractivity contribution in [3.8, 4) is 0 Å². The number of nitrogens with zero attached hydrogens (tertiary/aromatic N) is 2. The summed E-state index contributed by atoms with van der Waals surface area (Å²) in [5, 5.41) is 3.21. The lowest BCUT2D eigenvalue weighted by molar-refractivity contribution is 0.0822. The number of halogens is 1. The number of carbonyl (C=O) groups excluding carboxylic acids is 1. The van der Waals surface area contributed by atoms with E-state index >= 15 is 0 Å². The number of carbonyl (C=O) groups is 1. The Morgan fingerprint density at radius 2 is 2.14 bits per heavy atom. The second kappa shape index (κ2) is 4.28. The van der Waals surface area contributed by atoms with Gasteiger partial charge in [0.1, 0.15) is 11.5 Å². The van der Waals surface area contributed by atoms with Crippen LogP contribution in [0.5, 0.6) is 0 Å². The second-order valence-corrected chi connectivity index (χ2v) is 3.38. The summed E-state index contributed by atoms with van der Waals surface area (Å²) >= 11 is 5.85. The zero-order chi connectivity index (χ0) is 10.7. The summed E-state index contributed by atoms with van der Waals surface area (Å²) in [5.41, 5.74) is 0.267. The number of anilines is 1. The minimum atomic E-state index is -0.202. The van der Waals surface area contributed by atoms with Crippen LogP contribution in [0.1, 0.15) is 10.5 Å². The zero-order valence-electron chi connectivity index (χ0n) is 8.34. The van der Waals surface area contributed by atoms with Crippen LogP contribution in [0.4, 0.5) is 5.82 Å². The Bertz CT molecular complexity index is 352. The van der Waals surface area contributed by atoms with E-state index in [1.54, 1.807) is 33.3 Å². The third-order valence-electron chi connectivity index (χ3n) is 1.71. The number of aromatic nitrogens is 1. The first-order valence-corrected chi connectivity index (χ1v) is 4.50. The van der Waals surface area contributed by atoms with Gasteiger partial charge in [0, 0.05) is 21.1 Å². The van der Waals surface area contributed by atoms with Crippen molar-refractivity contribution in [1.29, 1.82) is 0 Å². The number of pyridine rings is 1. The summed E-state index contributed by atoms with van der Waals surface area (Å²) in [4.78, 5) is 17.1. The maximum atomic E-state index is 11.6. The predicted octanol–water partition coefficient (Wildman–Crippen LogP) is 1.48. The standard InChI is InChI=1S/C9H12ClN3O/c1-11-7-5-4-6(10)8(12-7)9(14)13(2)3/h4-5H,1-3H3,(H,11,12). The molecule has 0 fully saturated rings. The quantitative estimate of drug-likeness (QED) is 0.810. The third kappa shape index (κ3) is 2.14. The van der Waals surface area contributed by atoms with Crippen molar-refractivity contribution in [2.45, 2.75) is 0 Å². The number of hydrogen-bond acceptors (Lipinski definition) is 3. The van der Waals surface area contributed by atoms with E-state index in [9.17, 15) is 4.79 Å². The molecule has 0 bridgehead atoms. The molecule has 76 valence electrons. The smallest absolute Gasteiger partial charge is 0.273 e. The van der Waals surface area contributed by atoms with Crippen LogP contribution in [0.25, 0.3) is 0 Å². The van der Waals surface area contributed by atoms with Gasteiger partial charge >= 0.3 is 0 Å². The molecule has 0 unspecified atom stereocenters. The highest BCUT2D eigenvalue weighted by molar-refractivity contribution is 6.33. The molecular formula is C9H12ClN3O. The fourth-order valence-electron chi connectivity index (χ4n) is 0.943. The molecule has 1 aromatic rings. The van der Waals surface area contributed by atoms with E-state index < -0.39 is 0 Å². The molecule has 1 heterocycles. The number of rotatable bonds is 2. The maximum Gasteiger partial charge on any atom is 0.273 e. The van der Waals surface area contributed by atoms with Crippen molar-refractivity contribution < 1.29 is 4.79 Å². The molecule has 0 saturated heterocycles. The Morgan fingerprint density at radius 3 is 2.64 bits per heavy atom. The van der Waals surface area contributed by atoms with E-state index in [0.717, 1.165) is 0 Å². The van der Waals surface area contributed by atoms with Crippen LogP contribution in [-0.2, 0) is 0 Å². The van der Waals surface area contributed by atoms with Gasteiger partial charge in [-0.05, 0) is 12.1 Å². The lowest BCUT2D eigenvalue weighted by Gasteiger charge is -2.11. The van der Waals surface area contributed by atoms with E-state index in [1.807, 2.05) is 0 Å². The Balaban J connectivity index is 3.12. The van der Waals surface area contributed by atoms with Crippen LogP contribution in [-0.4, -0.2) is 36.9 Å². The van der Waals surface area contributed by atoms with Gasteiger partial charge in [-0.2, -0.15) is 0 Å². The van der Waals surface area contributed by atoms with Gasteiger partial charge in [0.05, 0.1) is 5.02 Å². The lowest BCUT2D eigenvalue weighted by atomic mass is 10.3. The average Bonchev–Trinajstić information content (AvgIpc) is 2.17. The van der Waals surface area contributed by atoms with Gasteiger partial charge in [-0.3, -0.25) is 4.79 Å². The highest BCUT2D eigenvalue weighted by Gasteiger charge is 2.14. The minimum absolute atomic E-state index is 0.202. The minimum Gasteiger partial charge on any atom is -0.373 e. The van der Waals surface area contributed by atoms with Gasteiger partial charge in [0.25, 0.3) is 5.91 Å². The third-order valence-corrected chi connectivity index (χ3v) is 2.02. The number of hydrogen-bond donors (Lipinski definition) is 1. The van der Waals surface area contributed by atoms with Crippen molar-refractivity contribution in [1.82, 2.24) is 9.88 Å². The van der Waals surface area contributed by atoms with Gasteiger partial charge in [0.15, 0.2) is 0 Å². The first-order valence-electron chi connectivity index (χ1n) is 4.12. The molecule has 4 nitrogen and oxygen atoms in total. The largest absolute Gasteiger partial charge is 0.373 e. The van der Waals surface area contributed by atoms with Crippen molar-refractivity contribution >= 4 is 23.3 Å². The molecule has 0 aliphatic heterocycles. The van der Waals surface area contributed by atoms with E-state index in [0.29, 0.717) is 10.8 Å². The summed E-state index contributed by atoms with van der Waals surface area (Å²) in [6.07, 6.45) is 0. The van der Waals surface area contributed by atoms with E-state index in [1.165, 1.54) is 4.90 Å². The number of amides is 1. The van der Waals surface area contributed by atoms with Crippen LogP contribution >= 0.6 is 11.6 Å². The van der Waals surface area contributed by atoms with Crippen molar-refractivity contribution in [3.63, 3.8) is 0 Å². The average molecular weight is 214 g/mol. The molecule has 0 aromatic carbocycles. The molecule has 1 aromatic heterocycles. The van der Waals surface area contributed by atoms with Crippen LogP contribution in [0.15, 0.2) is 12.1 Å². The van der Waals surface area contributed by atoms with Gasteiger partial charge in [-0.25, -0.2) is 4.98 Å². The molecule has 5 heteroatoms. The fraction of sp³-hybridized carbons (Fsp3) is 0.333. The Labute approximate surface area is 87.9 Å². The van der Waals surface area contributed by atoms with Gasteiger partial charge in [-0.15, -0.1) is 0 Å². The van der Waals surface area contributed by atoms with E-state index in [4.69, 9.17) is 11.6 Å². The summed E-state index contributed by atoms with van der Waals surface area (Å²) < 4.78 is 0.